The van der Waals surface area contributed by atoms with Gasteiger partial charge in [-0.1, -0.05) is 42.1 Å². The number of anilines is 3. The van der Waals surface area contributed by atoms with E-state index in [2.05, 4.69) is 25.7 Å². The van der Waals surface area contributed by atoms with Crippen LogP contribution in [0.25, 0.3) is 0 Å². The number of carbonyl (C=O) groups excluding carboxylic acids is 2. The van der Waals surface area contributed by atoms with Crippen molar-refractivity contribution in [2.45, 2.75) is 18.6 Å². The fourth-order valence-corrected chi connectivity index (χ4v) is 4.29. The number of rotatable bonds is 8. The van der Waals surface area contributed by atoms with E-state index >= 15 is 0 Å². The molecule has 1 aromatic heterocycles. The van der Waals surface area contributed by atoms with Gasteiger partial charge in [0.25, 0.3) is 5.91 Å². The van der Waals surface area contributed by atoms with Crippen LogP contribution in [0.1, 0.15) is 17.3 Å². The van der Waals surface area contributed by atoms with Gasteiger partial charge in [-0.25, -0.2) is 0 Å². The molecule has 10 heteroatoms. The van der Waals surface area contributed by atoms with Gasteiger partial charge in [0, 0.05) is 25.3 Å². The Morgan fingerprint density at radius 1 is 1.00 bits per heavy atom. The third kappa shape index (κ3) is 5.71. The molecule has 0 spiro atoms. The fourth-order valence-electron chi connectivity index (χ4n) is 3.49. The van der Waals surface area contributed by atoms with Crippen molar-refractivity contribution in [3.05, 3.63) is 60.2 Å². The average Bonchev–Trinajstić information content (AvgIpc) is 3.27. The zero-order valence-corrected chi connectivity index (χ0v) is 19.2. The van der Waals surface area contributed by atoms with Crippen molar-refractivity contribution in [1.29, 1.82) is 0 Å². The first-order valence-electron chi connectivity index (χ1n) is 10.8. The van der Waals surface area contributed by atoms with Crippen molar-refractivity contribution in [2.24, 2.45) is 0 Å². The second-order valence-corrected chi connectivity index (χ2v) is 8.27. The Balaban J connectivity index is 1.39. The number of para-hydroxylation sites is 2. The van der Waals surface area contributed by atoms with Crippen molar-refractivity contribution < 1.29 is 14.3 Å². The van der Waals surface area contributed by atoms with Gasteiger partial charge in [-0.15, -0.1) is 10.2 Å². The molecule has 0 atom stereocenters. The average molecular weight is 467 g/mol. The summed E-state index contributed by atoms with van der Waals surface area (Å²) in [6.45, 7) is 5.60. The number of amides is 2. The maximum Gasteiger partial charge on any atom is 0.257 e. The van der Waals surface area contributed by atoms with E-state index in [0.29, 0.717) is 41.9 Å². The highest BCUT2D eigenvalue weighted by molar-refractivity contribution is 7.99. The van der Waals surface area contributed by atoms with Crippen LogP contribution in [0.3, 0.4) is 0 Å². The predicted molar refractivity (Wildman–Crippen MR) is 129 cm³/mol. The van der Waals surface area contributed by atoms with Crippen LogP contribution < -0.4 is 15.5 Å². The molecule has 1 aliphatic heterocycles. The highest BCUT2D eigenvalue weighted by atomic mass is 32.2. The number of hydrogen-bond donors (Lipinski definition) is 2. The van der Waals surface area contributed by atoms with E-state index in [1.807, 2.05) is 41.8 Å². The number of carbonyl (C=O) groups is 2. The van der Waals surface area contributed by atoms with E-state index in [1.165, 1.54) is 11.8 Å². The van der Waals surface area contributed by atoms with Crippen LogP contribution in [-0.4, -0.2) is 58.6 Å². The lowest BCUT2D eigenvalue weighted by atomic mass is 10.1. The topological polar surface area (TPSA) is 101 Å². The Hall–Kier alpha value is -3.37. The standard InChI is InChI=1S/C23H26N6O3S/c1-2-29-22(28-12-14-32-15-13-28)26-27-23(29)33-16-20(30)25-19-11-7-6-10-18(19)21(31)24-17-8-4-3-5-9-17/h3-11H,2,12-16H2,1H3,(H,24,31)(H,25,30). The summed E-state index contributed by atoms with van der Waals surface area (Å²) in [5.41, 5.74) is 1.54. The van der Waals surface area contributed by atoms with Crippen LogP contribution in [0, 0.1) is 0 Å². The van der Waals surface area contributed by atoms with Gasteiger partial charge in [-0.05, 0) is 31.2 Å². The first kappa shape index (κ1) is 22.8. The molecule has 2 amide bonds. The maximum atomic E-state index is 12.7. The van der Waals surface area contributed by atoms with Crippen molar-refractivity contribution in [1.82, 2.24) is 14.8 Å². The molecule has 2 N–H and O–H groups in total. The molecule has 1 saturated heterocycles. The lowest BCUT2D eigenvalue weighted by Gasteiger charge is -2.27. The Morgan fingerprint density at radius 3 is 2.48 bits per heavy atom. The lowest BCUT2D eigenvalue weighted by molar-refractivity contribution is -0.113. The maximum absolute atomic E-state index is 12.7. The molecule has 0 aliphatic carbocycles. The number of aromatic nitrogens is 3. The SMILES string of the molecule is CCn1c(SCC(=O)Nc2ccccc2C(=O)Nc2ccccc2)nnc1N1CCOCC1. The van der Waals surface area contributed by atoms with Crippen LogP contribution in [0.15, 0.2) is 59.8 Å². The first-order valence-corrected chi connectivity index (χ1v) is 11.8. The van der Waals surface area contributed by atoms with E-state index in [1.54, 1.807) is 24.3 Å². The molecule has 0 saturated carbocycles. The Morgan fingerprint density at radius 2 is 1.73 bits per heavy atom. The molecule has 172 valence electrons. The number of hydrogen-bond acceptors (Lipinski definition) is 7. The quantitative estimate of drug-likeness (QED) is 0.492. The van der Waals surface area contributed by atoms with Gasteiger partial charge in [-0.3, -0.25) is 14.2 Å². The highest BCUT2D eigenvalue weighted by Gasteiger charge is 2.21. The van der Waals surface area contributed by atoms with Crippen LogP contribution in [0.2, 0.25) is 0 Å². The molecule has 1 aliphatic rings. The second kappa shape index (κ2) is 11.0. The first-order chi connectivity index (χ1) is 16.2. The summed E-state index contributed by atoms with van der Waals surface area (Å²) >= 11 is 1.32. The van der Waals surface area contributed by atoms with E-state index < -0.39 is 0 Å². The molecule has 1 fully saturated rings. The summed E-state index contributed by atoms with van der Waals surface area (Å²) in [5, 5.41) is 15.0. The number of benzene rings is 2. The van der Waals surface area contributed by atoms with E-state index in [0.717, 1.165) is 19.0 Å². The molecule has 33 heavy (non-hydrogen) atoms. The number of nitrogens with one attached hydrogen (secondary N) is 2. The molecule has 3 aromatic rings. The van der Waals surface area contributed by atoms with Crippen LogP contribution >= 0.6 is 11.8 Å². The van der Waals surface area contributed by atoms with Crippen molar-refractivity contribution >= 4 is 40.9 Å². The normalized spacial score (nSPS) is 13.5. The highest BCUT2D eigenvalue weighted by Crippen LogP contribution is 2.23. The Labute approximate surface area is 196 Å². The summed E-state index contributed by atoms with van der Waals surface area (Å²) in [7, 11) is 0. The number of nitrogens with zero attached hydrogens (tertiary/aromatic N) is 4. The van der Waals surface area contributed by atoms with Crippen molar-refractivity contribution in [3.63, 3.8) is 0 Å². The molecule has 0 radical (unpaired) electrons. The van der Waals surface area contributed by atoms with Gasteiger partial charge in [0.1, 0.15) is 0 Å². The minimum Gasteiger partial charge on any atom is -0.378 e. The van der Waals surface area contributed by atoms with Gasteiger partial charge in [-0.2, -0.15) is 0 Å². The molecule has 9 nitrogen and oxygen atoms in total. The molecular weight excluding hydrogens is 440 g/mol. The van der Waals surface area contributed by atoms with Gasteiger partial charge < -0.3 is 20.3 Å². The molecule has 2 aromatic carbocycles. The molecule has 4 rings (SSSR count). The predicted octanol–water partition coefficient (Wildman–Crippen LogP) is 3.12. The smallest absolute Gasteiger partial charge is 0.257 e. The minimum atomic E-state index is -0.286. The zero-order chi connectivity index (χ0) is 23.0. The van der Waals surface area contributed by atoms with E-state index in [9.17, 15) is 9.59 Å². The zero-order valence-electron chi connectivity index (χ0n) is 18.4. The monoisotopic (exact) mass is 466 g/mol. The summed E-state index contributed by atoms with van der Waals surface area (Å²) in [4.78, 5) is 27.6. The van der Waals surface area contributed by atoms with E-state index in [4.69, 9.17) is 4.74 Å². The summed E-state index contributed by atoms with van der Waals surface area (Å²) in [5.74, 6) is 0.436. The van der Waals surface area contributed by atoms with Gasteiger partial charge in [0.2, 0.25) is 11.9 Å². The molecule has 2 heterocycles. The van der Waals surface area contributed by atoms with Crippen LogP contribution in [0.4, 0.5) is 17.3 Å². The van der Waals surface area contributed by atoms with E-state index in [-0.39, 0.29) is 17.6 Å². The number of thioether (sulfide) groups is 1. The summed E-state index contributed by atoms with van der Waals surface area (Å²) < 4.78 is 7.42. The second-order valence-electron chi connectivity index (χ2n) is 7.33. The Kier molecular flexibility index (Phi) is 7.59. The molecule has 0 unspecified atom stereocenters. The number of ether oxygens (including phenoxy) is 1. The van der Waals surface area contributed by atoms with Gasteiger partial charge in [0.15, 0.2) is 5.16 Å². The third-order valence-corrected chi connectivity index (χ3v) is 6.08. The summed E-state index contributed by atoms with van der Waals surface area (Å²) in [6, 6.07) is 16.1. The number of morpholine rings is 1. The van der Waals surface area contributed by atoms with Gasteiger partial charge >= 0.3 is 0 Å². The minimum absolute atomic E-state index is 0.149. The summed E-state index contributed by atoms with van der Waals surface area (Å²) in [6.07, 6.45) is 0. The van der Waals surface area contributed by atoms with Crippen molar-refractivity contribution in [3.8, 4) is 0 Å². The molecular formula is C23H26N6O3S. The third-order valence-electron chi connectivity index (χ3n) is 5.12. The lowest BCUT2D eigenvalue weighted by Crippen LogP contribution is -2.38. The fraction of sp³-hybridized carbons (Fsp3) is 0.304. The molecule has 0 bridgehead atoms. The van der Waals surface area contributed by atoms with Crippen LogP contribution in [-0.2, 0) is 16.1 Å². The van der Waals surface area contributed by atoms with Gasteiger partial charge in [0.05, 0.1) is 30.2 Å². The Bertz CT molecular complexity index is 1100. The van der Waals surface area contributed by atoms with Crippen LogP contribution in [0.5, 0.6) is 0 Å². The van der Waals surface area contributed by atoms with Crippen molar-refractivity contribution in [2.75, 3.05) is 47.6 Å². The largest absolute Gasteiger partial charge is 0.378 e.